The van der Waals surface area contributed by atoms with Gasteiger partial charge in [-0.2, -0.15) is 0 Å². The Bertz CT molecular complexity index is 172. The summed E-state index contributed by atoms with van der Waals surface area (Å²) >= 11 is 12.2. The summed E-state index contributed by atoms with van der Waals surface area (Å²) in [4.78, 5) is 0. The smallest absolute Gasteiger partial charge is 0.145 e. The molecule has 0 radical (unpaired) electrons. The standard InChI is InChI=1S/C12H28Cl2O3Si2/c13-11(7-3-1-5-9-15-18)17-12(14)8-4-2-6-10-16-19/h11-12H,1-10H2,18-19H3. The van der Waals surface area contributed by atoms with Gasteiger partial charge in [-0.15, -0.1) is 0 Å². The number of rotatable bonds is 14. The highest BCUT2D eigenvalue weighted by molar-refractivity contribution is 6.21. The van der Waals surface area contributed by atoms with E-state index in [1.54, 1.807) is 0 Å². The number of alkyl halides is 2. The molecule has 116 valence electrons. The number of halogens is 2. The summed E-state index contributed by atoms with van der Waals surface area (Å²) in [5.74, 6) is 0. The average molecular weight is 347 g/mol. The Kier molecular flexibility index (Phi) is 16.0. The summed E-state index contributed by atoms with van der Waals surface area (Å²) in [7, 11) is 1.66. The minimum atomic E-state index is -0.260. The Morgan fingerprint density at radius 2 is 1.11 bits per heavy atom. The predicted octanol–water partition coefficient (Wildman–Crippen LogP) is 1.85. The van der Waals surface area contributed by atoms with Crippen LogP contribution in [0.3, 0.4) is 0 Å². The maximum atomic E-state index is 6.10. The lowest BCUT2D eigenvalue weighted by atomic mass is 10.2. The molecule has 0 spiro atoms. The predicted molar refractivity (Wildman–Crippen MR) is 89.1 cm³/mol. The molecule has 0 heterocycles. The SMILES string of the molecule is [SiH3]OCCCCCC(Cl)OC(Cl)CCCCCO[SiH3]. The molecule has 0 saturated heterocycles. The van der Waals surface area contributed by atoms with E-state index in [-0.39, 0.29) is 11.1 Å². The third-order valence-corrected chi connectivity index (χ3v) is 4.31. The van der Waals surface area contributed by atoms with Gasteiger partial charge in [0.1, 0.15) is 32.1 Å². The highest BCUT2D eigenvalue weighted by Gasteiger charge is 2.11. The van der Waals surface area contributed by atoms with Gasteiger partial charge in [0.05, 0.1) is 0 Å². The van der Waals surface area contributed by atoms with Crippen molar-refractivity contribution in [2.45, 2.75) is 62.5 Å². The van der Waals surface area contributed by atoms with Gasteiger partial charge in [-0.1, -0.05) is 36.0 Å². The van der Waals surface area contributed by atoms with Crippen LogP contribution in [0.15, 0.2) is 0 Å². The van der Waals surface area contributed by atoms with E-state index >= 15 is 0 Å². The molecule has 0 aromatic rings. The zero-order valence-corrected chi connectivity index (χ0v) is 17.7. The Hall–Kier alpha value is 0.894. The lowest BCUT2D eigenvalue weighted by Crippen LogP contribution is -2.13. The summed E-state index contributed by atoms with van der Waals surface area (Å²) < 4.78 is 15.8. The second kappa shape index (κ2) is 15.3. The van der Waals surface area contributed by atoms with E-state index in [9.17, 15) is 0 Å². The molecule has 0 bridgehead atoms. The van der Waals surface area contributed by atoms with Crippen LogP contribution in [-0.2, 0) is 13.6 Å². The normalized spacial score (nSPS) is 14.8. The fourth-order valence-corrected chi connectivity index (χ4v) is 2.94. The maximum absolute atomic E-state index is 6.10. The van der Waals surface area contributed by atoms with E-state index in [1.165, 1.54) is 0 Å². The van der Waals surface area contributed by atoms with Crippen molar-refractivity contribution in [3.8, 4) is 0 Å². The van der Waals surface area contributed by atoms with E-state index in [0.29, 0.717) is 0 Å². The highest BCUT2D eigenvalue weighted by Crippen LogP contribution is 2.18. The first-order chi connectivity index (χ1) is 9.20. The first-order valence-corrected chi connectivity index (χ1v) is 9.62. The highest BCUT2D eigenvalue weighted by atomic mass is 35.5. The van der Waals surface area contributed by atoms with Crippen molar-refractivity contribution in [2.24, 2.45) is 0 Å². The molecule has 3 nitrogen and oxygen atoms in total. The molecular formula is C12H28Cl2O3Si2. The minimum Gasteiger partial charge on any atom is -0.428 e. The minimum absolute atomic E-state index is 0.260. The molecule has 7 heteroatoms. The second-order valence-electron chi connectivity index (χ2n) is 4.64. The van der Waals surface area contributed by atoms with Gasteiger partial charge >= 0.3 is 0 Å². The lowest BCUT2D eigenvalue weighted by Gasteiger charge is -2.16. The van der Waals surface area contributed by atoms with Crippen molar-refractivity contribution < 1.29 is 13.6 Å². The Morgan fingerprint density at radius 3 is 1.47 bits per heavy atom. The summed E-state index contributed by atoms with van der Waals surface area (Å²) in [6.07, 6.45) is 8.37. The Balaban J connectivity index is 3.34. The zero-order chi connectivity index (χ0) is 14.3. The van der Waals surface area contributed by atoms with E-state index in [4.69, 9.17) is 36.8 Å². The molecule has 0 aliphatic heterocycles. The van der Waals surface area contributed by atoms with Crippen LogP contribution in [0, 0.1) is 0 Å². The third kappa shape index (κ3) is 15.1. The fraction of sp³-hybridized carbons (Fsp3) is 1.00. The van der Waals surface area contributed by atoms with Crippen LogP contribution in [-0.4, -0.2) is 45.3 Å². The van der Waals surface area contributed by atoms with Crippen LogP contribution >= 0.6 is 23.2 Å². The van der Waals surface area contributed by atoms with Crippen LogP contribution in [0.1, 0.15) is 51.4 Å². The number of hydrogen-bond donors (Lipinski definition) is 0. The molecule has 0 aromatic heterocycles. The molecule has 0 N–H and O–H groups in total. The van der Waals surface area contributed by atoms with E-state index < -0.39 is 0 Å². The molecule has 2 unspecified atom stereocenters. The van der Waals surface area contributed by atoms with Gasteiger partial charge in [-0.25, -0.2) is 0 Å². The van der Waals surface area contributed by atoms with Crippen molar-refractivity contribution in [2.75, 3.05) is 13.2 Å². The molecule has 2 atom stereocenters. The fourth-order valence-electron chi connectivity index (χ4n) is 1.75. The van der Waals surface area contributed by atoms with Crippen molar-refractivity contribution >= 4 is 44.2 Å². The number of hydrogen-bond acceptors (Lipinski definition) is 3. The maximum Gasteiger partial charge on any atom is 0.145 e. The van der Waals surface area contributed by atoms with E-state index in [0.717, 1.165) is 85.6 Å². The van der Waals surface area contributed by atoms with E-state index in [1.807, 2.05) is 0 Å². The van der Waals surface area contributed by atoms with Crippen LogP contribution in [0.2, 0.25) is 0 Å². The third-order valence-electron chi connectivity index (χ3n) is 2.85. The first kappa shape index (κ1) is 19.9. The zero-order valence-electron chi connectivity index (χ0n) is 12.2. The quantitative estimate of drug-likeness (QED) is 0.273. The molecule has 0 aliphatic rings. The first-order valence-electron chi connectivity index (χ1n) is 7.12. The van der Waals surface area contributed by atoms with Crippen molar-refractivity contribution in [1.29, 1.82) is 0 Å². The van der Waals surface area contributed by atoms with Gasteiger partial charge in [0, 0.05) is 13.2 Å². The molecular weight excluding hydrogens is 319 g/mol. The monoisotopic (exact) mass is 346 g/mol. The summed E-state index contributed by atoms with van der Waals surface area (Å²) in [6.45, 7) is 1.75. The molecule has 0 saturated carbocycles. The Morgan fingerprint density at radius 1 is 0.684 bits per heavy atom. The lowest BCUT2D eigenvalue weighted by molar-refractivity contribution is 0.0687. The summed E-state index contributed by atoms with van der Waals surface area (Å²) in [6, 6.07) is 0. The number of unbranched alkanes of at least 4 members (excludes halogenated alkanes) is 4. The van der Waals surface area contributed by atoms with Crippen LogP contribution in [0.4, 0.5) is 0 Å². The van der Waals surface area contributed by atoms with E-state index in [2.05, 4.69) is 0 Å². The van der Waals surface area contributed by atoms with Gasteiger partial charge in [0.25, 0.3) is 0 Å². The van der Waals surface area contributed by atoms with Crippen molar-refractivity contribution in [3.63, 3.8) is 0 Å². The largest absolute Gasteiger partial charge is 0.428 e. The topological polar surface area (TPSA) is 27.7 Å². The van der Waals surface area contributed by atoms with Gasteiger partial charge in [-0.3, -0.25) is 0 Å². The molecule has 0 aliphatic carbocycles. The molecule has 0 aromatic carbocycles. The molecule has 19 heavy (non-hydrogen) atoms. The van der Waals surface area contributed by atoms with Gasteiger partial charge < -0.3 is 13.6 Å². The second-order valence-corrected chi connectivity index (χ2v) is 6.77. The summed E-state index contributed by atoms with van der Waals surface area (Å²) in [5.41, 5.74) is -0.520. The van der Waals surface area contributed by atoms with Gasteiger partial charge in [-0.05, 0) is 38.5 Å². The number of ether oxygens (including phenoxy) is 1. The summed E-state index contributed by atoms with van der Waals surface area (Å²) in [5, 5.41) is 0. The van der Waals surface area contributed by atoms with Crippen molar-refractivity contribution in [1.82, 2.24) is 0 Å². The average Bonchev–Trinajstić information content (AvgIpc) is 2.38. The molecule has 0 amide bonds. The molecule has 0 fully saturated rings. The van der Waals surface area contributed by atoms with Crippen LogP contribution in [0.5, 0.6) is 0 Å². The van der Waals surface area contributed by atoms with Crippen LogP contribution < -0.4 is 0 Å². The van der Waals surface area contributed by atoms with Crippen molar-refractivity contribution in [3.05, 3.63) is 0 Å². The van der Waals surface area contributed by atoms with Gasteiger partial charge in [0.2, 0.25) is 0 Å². The molecule has 0 rings (SSSR count). The Labute approximate surface area is 133 Å². The van der Waals surface area contributed by atoms with Crippen LogP contribution in [0.25, 0.3) is 0 Å². The van der Waals surface area contributed by atoms with Gasteiger partial charge in [0.15, 0.2) is 0 Å².